The number of halogens is 1. The second-order valence-electron chi connectivity index (χ2n) is 4.00. The lowest BCUT2D eigenvalue weighted by Gasteiger charge is -2.05. The lowest BCUT2D eigenvalue weighted by atomic mass is 10.2. The first kappa shape index (κ1) is 13.3. The van der Waals surface area contributed by atoms with Crippen molar-refractivity contribution < 1.29 is 14.6 Å². The van der Waals surface area contributed by atoms with Gasteiger partial charge in [-0.3, -0.25) is 0 Å². The fraction of sp³-hybridized carbons (Fsp3) is 0. The molecule has 0 aliphatic carbocycles. The van der Waals surface area contributed by atoms with Crippen LogP contribution in [0.5, 0.6) is 10.9 Å². The number of hydrogen-bond acceptors (Lipinski definition) is 4. The summed E-state index contributed by atoms with van der Waals surface area (Å²) >= 11 is 3.45. The van der Waals surface area contributed by atoms with Crippen molar-refractivity contribution in [1.29, 1.82) is 0 Å². The molecule has 0 atom stereocenters. The van der Waals surface area contributed by atoms with Crippen molar-refractivity contribution in [3.05, 3.63) is 51.6 Å². The van der Waals surface area contributed by atoms with Crippen LogP contribution in [-0.2, 0) is 0 Å². The number of carbonyl (C=O) groups is 1. The SMILES string of the molecule is O=C(O)c1cc(I)ccc1Oc1nc2ccccc2s1. The predicted molar refractivity (Wildman–Crippen MR) is 85.8 cm³/mol. The quantitative estimate of drug-likeness (QED) is 0.666. The van der Waals surface area contributed by atoms with Crippen LogP contribution in [0.15, 0.2) is 42.5 Å². The zero-order valence-electron chi connectivity index (χ0n) is 10.0. The monoisotopic (exact) mass is 397 g/mol. The van der Waals surface area contributed by atoms with Crippen molar-refractivity contribution in [1.82, 2.24) is 4.98 Å². The summed E-state index contributed by atoms with van der Waals surface area (Å²) in [5, 5.41) is 9.65. The molecule has 0 amide bonds. The minimum absolute atomic E-state index is 0.135. The highest BCUT2D eigenvalue weighted by Gasteiger charge is 2.14. The molecule has 0 spiro atoms. The van der Waals surface area contributed by atoms with Crippen LogP contribution in [0, 0.1) is 3.57 Å². The average Bonchev–Trinajstić information content (AvgIpc) is 2.82. The molecule has 0 radical (unpaired) electrons. The fourth-order valence-electron chi connectivity index (χ4n) is 1.75. The van der Waals surface area contributed by atoms with E-state index in [1.54, 1.807) is 18.2 Å². The third-order valence-electron chi connectivity index (χ3n) is 2.64. The second kappa shape index (κ2) is 5.37. The van der Waals surface area contributed by atoms with Crippen LogP contribution in [0.25, 0.3) is 10.2 Å². The number of ether oxygens (including phenoxy) is 1. The van der Waals surface area contributed by atoms with Crippen molar-refractivity contribution in [3.63, 3.8) is 0 Å². The molecule has 0 aliphatic heterocycles. The van der Waals surface area contributed by atoms with Crippen LogP contribution < -0.4 is 4.74 Å². The molecule has 0 saturated carbocycles. The molecule has 4 nitrogen and oxygen atoms in total. The first-order valence-electron chi connectivity index (χ1n) is 5.70. The van der Waals surface area contributed by atoms with Crippen molar-refractivity contribution in [2.75, 3.05) is 0 Å². The molecular formula is C14H8INO3S. The normalized spacial score (nSPS) is 10.7. The minimum Gasteiger partial charge on any atom is -0.478 e. The molecule has 0 aliphatic rings. The predicted octanol–water partition coefficient (Wildman–Crippen LogP) is 4.39. The van der Waals surface area contributed by atoms with E-state index < -0.39 is 5.97 Å². The summed E-state index contributed by atoms with van der Waals surface area (Å²) in [5.41, 5.74) is 0.978. The Morgan fingerprint density at radius 1 is 1.25 bits per heavy atom. The standard InChI is InChI=1S/C14H8INO3S/c15-8-5-6-11(9(7-8)13(17)18)19-14-16-10-3-1-2-4-12(10)20-14/h1-7H,(H,17,18). The Bertz CT molecular complexity index is 767. The van der Waals surface area contributed by atoms with Gasteiger partial charge in [0.05, 0.1) is 10.2 Å². The molecule has 1 heterocycles. The zero-order chi connectivity index (χ0) is 14.1. The Morgan fingerprint density at radius 2 is 2.05 bits per heavy atom. The molecule has 1 aromatic heterocycles. The van der Waals surface area contributed by atoms with E-state index in [0.29, 0.717) is 10.9 Å². The Hall–Kier alpha value is -1.67. The number of carboxylic acid groups (broad SMARTS) is 1. The van der Waals surface area contributed by atoms with Crippen molar-refractivity contribution in [2.24, 2.45) is 0 Å². The van der Waals surface area contributed by atoms with Gasteiger partial charge in [0.2, 0.25) is 0 Å². The van der Waals surface area contributed by atoms with Gasteiger partial charge >= 0.3 is 5.97 Å². The van der Waals surface area contributed by atoms with E-state index in [2.05, 4.69) is 27.6 Å². The van der Waals surface area contributed by atoms with Gasteiger partial charge in [-0.1, -0.05) is 23.5 Å². The Kier molecular flexibility index (Phi) is 3.58. The topological polar surface area (TPSA) is 59.4 Å². The first-order valence-corrected chi connectivity index (χ1v) is 7.59. The summed E-state index contributed by atoms with van der Waals surface area (Å²) in [6, 6.07) is 12.7. The zero-order valence-corrected chi connectivity index (χ0v) is 13.0. The summed E-state index contributed by atoms with van der Waals surface area (Å²) in [6.07, 6.45) is 0. The fourth-order valence-corrected chi connectivity index (χ4v) is 3.07. The highest BCUT2D eigenvalue weighted by atomic mass is 127. The number of fused-ring (bicyclic) bond motifs is 1. The van der Waals surface area contributed by atoms with Gasteiger partial charge in [-0.2, -0.15) is 0 Å². The molecule has 20 heavy (non-hydrogen) atoms. The lowest BCUT2D eigenvalue weighted by molar-refractivity contribution is 0.0694. The van der Waals surface area contributed by atoms with Crippen LogP contribution >= 0.6 is 33.9 Å². The van der Waals surface area contributed by atoms with Crippen LogP contribution in [0.4, 0.5) is 0 Å². The highest BCUT2D eigenvalue weighted by molar-refractivity contribution is 14.1. The smallest absolute Gasteiger partial charge is 0.339 e. The van der Waals surface area contributed by atoms with Gasteiger partial charge in [0.15, 0.2) is 0 Å². The van der Waals surface area contributed by atoms with E-state index in [4.69, 9.17) is 4.74 Å². The van der Waals surface area contributed by atoms with Gasteiger partial charge in [-0.15, -0.1) is 0 Å². The third kappa shape index (κ3) is 2.61. The van der Waals surface area contributed by atoms with Gasteiger partial charge in [0.1, 0.15) is 11.3 Å². The molecule has 0 unspecified atom stereocenters. The molecule has 6 heteroatoms. The number of aromatic carboxylic acids is 1. The van der Waals surface area contributed by atoms with E-state index >= 15 is 0 Å². The number of hydrogen-bond donors (Lipinski definition) is 1. The maximum atomic E-state index is 11.2. The average molecular weight is 397 g/mol. The van der Waals surface area contributed by atoms with Gasteiger partial charge in [-0.25, -0.2) is 9.78 Å². The number of thiazole rings is 1. The minimum atomic E-state index is -1.01. The van der Waals surface area contributed by atoms with Gasteiger partial charge in [-0.05, 0) is 52.9 Å². The molecule has 0 saturated heterocycles. The molecule has 1 N–H and O–H groups in total. The lowest BCUT2D eigenvalue weighted by Crippen LogP contribution is -2.00. The summed E-state index contributed by atoms with van der Waals surface area (Å²) in [4.78, 5) is 15.6. The second-order valence-corrected chi connectivity index (χ2v) is 6.23. The molecule has 2 aromatic carbocycles. The summed E-state index contributed by atoms with van der Waals surface area (Å²) < 4.78 is 7.48. The Labute approximate surface area is 132 Å². The number of carboxylic acids is 1. The number of aromatic nitrogens is 1. The largest absolute Gasteiger partial charge is 0.478 e. The van der Waals surface area contributed by atoms with Crippen molar-refractivity contribution >= 4 is 50.1 Å². The van der Waals surface area contributed by atoms with Gasteiger partial charge in [0, 0.05) is 3.57 Å². The van der Waals surface area contributed by atoms with Crippen LogP contribution in [0.3, 0.4) is 0 Å². The summed E-state index contributed by atoms with van der Waals surface area (Å²) in [7, 11) is 0. The van der Waals surface area contributed by atoms with Gasteiger partial charge < -0.3 is 9.84 Å². The summed E-state index contributed by atoms with van der Waals surface area (Å²) in [6.45, 7) is 0. The Balaban J connectivity index is 2.00. The maximum Gasteiger partial charge on any atom is 0.339 e. The van der Waals surface area contributed by atoms with Crippen molar-refractivity contribution in [3.8, 4) is 10.9 Å². The van der Waals surface area contributed by atoms with Gasteiger partial charge in [0.25, 0.3) is 5.19 Å². The highest BCUT2D eigenvalue weighted by Crippen LogP contribution is 2.33. The third-order valence-corrected chi connectivity index (χ3v) is 4.23. The van der Waals surface area contributed by atoms with Crippen LogP contribution in [0.1, 0.15) is 10.4 Å². The first-order chi connectivity index (χ1) is 9.63. The molecule has 100 valence electrons. The number of rotatable bonds is 3. The van der Waals surface area contributed by atoms with Crippen molar-refractivity contribution in [2.45, 2.75) is 0 Å². The van der Waals surface area contributed by atoms with E-state index in [1.165, 1.54) is 11.3 Å². The molecule has 0 bridgehead atoms. The Morgan fingerprint density at radius 3 is 2.80 bits per heavy atom. The molecule has 0 fully saturated rings. The number of nitrogens with zero attached hydrogens (tertiary/aromatic N) is 1. The molecular weight excluding hydrogens is 389 g/mol. The van der Waals surface area contributed by atoms with Crippen LogP contribution in [0.2, 0.25) is 0 Å². The molecule has 3 aromatic rings. The number of benzene rings is 2. The summed E-state index contributed by atoms with van der Waals surface area (Å²) in [5.74, 6) is -0.711. The van der Waals surface area contributed by atoms with E-state index in [1.807, 2.05) is 24.3 Å². The van der Waals surface area contributed by atoms with Crippen LogP contribution in [-0.4, -0.2) is 16.1 Å². The maximum absolute atomic E-state index is 11.2. The van der Waals surface area contributed by atoms with E-state index in [-0.39, 0.29) is 5.56 Å². The van der Waals surface area contributed by atoms with E-state index in [0.717, 1.165) is 13.8 Å². The van der Waals surface area contributed by atoms with E-state index in [9.17, 15) is 9.90 Å². The number of para-hydroxylation sites is 1. The molecule has 3 rings (SSSR count).